The number of furan rings is 1. The van der Waals surface area contributed by atoms with E-state index < -0.39 is 15.9 Å². The maximum Gasteiger partial charge on any atom is 0.251 e. The molecular formula is C20H25N3O5S. The number of nitrogens with one attached hydrogen (secondary N) is 1. The minimum absolute atomic E-state index is 0.0237. The Morgan fingerprint density at radius 3 is 2.41 bits per heavy atom. The zero-order valence-electron chi connectivity index (χ0n) is 16.5. The third-order valence-electron chi connectivity index (χ3n) is 5.02. The summed E-state index contributed by atoms with van der Waals surface area (Å²) in [5.41, 5.74) is 0.635. The van der Waals surface area contributed by atoms with Crippen molar-refractivity contribution in [2.24, 2.45) is 0 Å². The first-order valence-corrected chi connectivity index (χ1v) is 11.2. The van der Waals surface area contributed by atoms with Crippen LogP contribution in [0.1, 0.15) is 42.4 Å². The topological polar surface area (TPSA) is 99.9 Å². The fraction of sp³-hybridized carbons (Fsp3) is 0.400. The van der Waals surface area contributed by atoms with Gasteiger partial charge in [-0.25, -0.2) is 12.7 Å². The number of carbonyl (C=O) groups is 2. The van der Waals surface area contributed by atoms with Gasteiger partial charge in [-0.05, 0) is 49.5 Å². The quantitative estimate of drug-likeness (QED) is 0.704. The number of benzene rings is 1. The Hall–Kier alpha value is -2.65. The van der Waals surface area contributed by atoms with Crippen LogP contribution in [0.15, 0.2) is 47.1 Å². The van der Waals surface area contributed by atoms with Gasteiger partial charge in [-0.15, -0.1) is 0 Å². The van der Waals surface area contributed by atoms with Crippen LogP contribution in [0.4, 0.5) is 5.69 Å². The molecule has 1 aliphatic rings. The highest BCUT2D eigenvalue weighted by Gasteiger charge is 2.36. The first-order chi connectivity index (χ1) is 13.9. The van der Waals surface area contributed by atoms with Crippen LogP contribution in [0.25, 0.3) is 0 Å². The maximum atomic E-state index is 12.6. The molecule has 9 heteroatoms. The summed E-state index contributed by atoms with van der Waals surface area (Å²) in [5, 5.41) is 2.91. The molecule has 1 atom stereocenters. The number of anilines is 1. The predicted molar refractivity (Wildman–Crippen MR) is 109 cm³/mol. The number of sulfonamides is 1. The second-order valence-electron chi connectivity index (χ2n) is 6.73. The van der Waals surface area contributed by atoms with E-state index in [1.807, 2.05) is 26.0 Å². The average Bonchev–Trinajstić information content (AvgIpc) is 3.33. The summed E-state index contributed by atoms with van der Waals surface area (Å²) in [4.78, 5) is 26.6. The van der Waals surface area contributed by atoms with E-state index in [4.69, 9.17) is 4.42 Å². The standard InChI is InChI=1S/C20H25N3O5S/c1-3-22(4-2)17(18-6-5-12-28-18)14-21-20(25)15-7-9-16(10-8-15)23-19(24)11-13-29(23,26)27/h5-10,12,17H,3-4,11,13-14H2,1-2H3,(H,21,25). The van der Waals surface area contributed by atoms with Crippen molar-refractivity contribution in [3.05, 3.63) is 54.0 Å². The minimum atomic E-state index is -3.62. The number of nitrogens with zero attached hydrogens (tertiary/aromatic N) is 2. The Kier molecular flexibility index (Phi) is 6.39. The van der Waals surface area contributed by atoms with Gasteiger partial charge in [-0.2, -0.15) is 0 Å². The lowest BCUT2D eigenvalue weighted by atomic mass is 10.1. The Labute approximate surface area is 170 Å². The smallest absolute Gasteiger partial charge is 0.251 e. The van der Waals surface area contributed by atoms with Crippen LogP contribution in [0.2, 0.25) is 0 Å². The monoisotopic (exact) mass is 419 g/mol. The number of hydrogen-bond acceptors (Lipinski definition) is 6. The van der Waals surface area contributed by atoms with Gasteiger partial charge < -0.3 is 9.73 Å². The molecule has 1 aromatic carbocycles. The van der Waals surface area contributed by atoms with Crippen molar-refractivity contribution in [2.45, 2.75) is 26.3 Å². The van der Waals surface area contributed by atoms with E-state index in [1.54, 1.807) is 6.26 Å². The number of likely N-dealkylation sites (N-methyl/N-ethyl adjacent to an activating group) is 1. The molecule has 0 radical (unpaired) electrons. The third kappa shape index (κ3) is 4.51. The summed E-state index contributed by atoms with van der Waals surface area (Å²) >= 11 is 0. The van der Waals surface area contributed by atoms with Crippen LogP contribution in [0.3, 0.4) is 0 Å². The normalized spacial score (nSPS) is 16.9. The van der Waals surface area contributed by atoms with Crippen molar-refractivity contribution in [3.63, 3.8) is 0 Å². The van der Waals surface area contributed by atoms with Crippen LogP contribution < -0.4 is 9.62 Å². The van der Waals surface area contributed by atoms with Gasteiger partial charge in [0.15, 0.2) is 0 Å². The molecule has 2 heterocycles. The number of amides is 2. The van der Waals surface area contributed by atoms with Gasteiger partial charge in [-0.1, -0.05) is 13.8 Å². The molecule has 1 unspecified atom stereocenters. The van der Waals surface area contributed by atoms with Gasteiger partial charge in [0, 0.05) is 18.5 Å². The number of rotatable bonds is 8. The molecule has 0 spiro atoms. The molecule has 29 heavy (non-hydrogen) atoms. The Bertz CT molecular complexity index is 951. The van der Waals surface area contributed by atoms with Crippen LogP contribution in [-0.4, -0.2) is 50.5 Å². The molecule has 2 amide bonds. The Balaban J connectivity index is 1.70. The summed E-state index contributed by atoms with van der Waals surface area (Å²) in [7, 11) is -3.62. The number of hydrogen-bond donors (Lipinski definition) is 1. The molecular weight excluding hydrogens is 394 g/mol. The van der Waals surface area contributed by atoms with Gasteiger partial charge in [0.2, 0.25) is 15.9 Å². The first-order valence-electron chi connectivity index (χ1n) is 9.59. The van der Waals surface area contributed by atoms with Crippen molar-refractivity contribution >= 4 is 27.5 Å². The highest BCUT2D eigenvalue weighted by molar-refractivity contribution is 7.94. The lowest BCUT2D eigenvalue weighted by molar-refractivity contribution is -0.116. The van der Waals surface area contributed by atoms with E-state index in [1.165, 1.54) is 24.3 Å². The van der Waals surface area contributed by atoms with Crippen molar-refractivity contribution in [1.82, 2.24) is 10.2 Å². The van der Waals surface area contributed by atoms with Gasteiger partial charge in [0.25, 0.3) is 5.91 Å². The van der Waals surface area contributed by atoms with Crippen LogP contribution in [0, 0.1) is 0 Å². The van der Waals surface area contributed by atoms with Gasteiger partial charge >= 0.3 is 0 Å². The summed E-state index contributed by atoms with van der Waals surface area (Å²) < 4.78 is 30.4. The fourth-order valence-corrected chi connectivity index (χ4v) is 4.92. The molecule has 1 fully saturated rings. The SMILES string of the molecule is CCN(CC)C(CNC(=O)c1ccc(N2C(=O)CCS2(=O)=O)cc1)c1ccco1. The van der Waals surface area contributed by atoms with E-state index >= 15 is 0 Å². The zero-order chi connectivity index (χ0) is 21.0. The Morgan fingerprint density at radius 2 is 1.90 bits per heavy atom. The Morgan fingerprint density at radius 1 is 1.21 bits per heavy atom. The van der Waals surface area contributed by atoms with Crippen molar-refractivity contribution in [3.8, 4) is 0 Å². The van der Waals surface area contributed by atoms with Gasteiger partial charge in [0.05, 0.1) is 23.7 Å². The third-order valence-corrected chi connectivity index (χ3v) is 6.71. The van der Waals surface area contributed by atoms with E-state index in [-0.39, 0.29) is 29.8 Å². The highest BCUT2D eigenvalue weighted by Crippen LogP contribution is 2.25. The highest BCUT2D eigenvalue weighted by atomic mass is 32.2. The molecule has 156 valence electrons. The second kappa shape index (κ2) is 8.79. The minimum Gasteiger partial charge on any atom is -0.468 e. The summed E-state index contributed by atoms with van der Waals surface area (Å²) in [6.45, 7) is 6.09. The molecule has 0 saturated carbocycles. The molecule has 2 aromatic rings. The van der Waals surface area contributed by atoms with Crippen molar-refractivity contribution in [1.29, 1.82) is 0 Å². The molecule has 0 aliphatic carbocycles. The zero-order valence-corrected chi connectivity index (χ0v) is 17.3. The van der Waals surface area contributed by atoms with E-state index in [2.05, 4.69) is 10.2 Å². The average molecular weight is 420 g/mol. The molecule has 3 rings (SSSR count). The lowest BCUT2D eigenvalue weighted by Gasteiger charge is -2.28. The summed E-state index contributed by atoms with van der Waals surface area (Å²) in [6.07, 6.45) is 1.59. The van der Waals surface area contributed by atoms with E-state index in [9.17, 15) is 18.0 Å². The maximum absolute atomic E-state index is 12.6. The summed E-state index contributed by atoms with van der Waals surface area (Å²) in [5.74, 6) is -0.145. The fourth-order valence-electron chi connectivity index (χ4n) is 3.46. The van der Waals surface area contributed by atoms with Crippen LogP contribution in [0.5, 0.6) is 0 Å². The van der Waals surface area contributed by atoms with Crippen LogP contribution >= 0.6 is 0 Å². The molecule has 1 aromatic heterocycles. The number of carbonyl (C=O) groups excluding carboxylic acids is 2. The van der Waals surface area contributed by atoms with Crippen molar-refractivity contribution in [2.75, 3.05) is 29.7 Å². The second-order valence-corrected chi connectivity index (χ2v) is 8.67. The lowest BCUT2D eigenvalue weighted by Crippen LogP contribution is -2.38. The van der Waals surface area contributed by atoms with Crippen molar-refractivity contribution < 1.29 is 22.4 Å². The van der Waals surface area contributed by atoms with Gasteiger partial charge in [-0.3, -0.25) is 14.5 Å². The molecule has 1 N–H and O–H groups in total. The van der Waals surface area contributed by atoms with Gasteiger partial charge in [0.1, 0.15) is 5.76 Å². The molecule has 8 nitrogen and oxygen atoms in total. The van der Waals surface area contributed by atoms with E-state index in [0.717, 1.165) is 23.2 Å². The molecule has 1 saturated heterocycles. The van der Waals surface area contributed by atoms with Crippen LogP contribution in [-0.2, 0) is 14.8 Å². The molecule has 1 aliphatic heterocycles. The largest absolute Gasteiger partial charge is 0.468 e. The van der Waals surface area contributed by atoms with E-state index in [0.29, 0.717) is 12.1 Å². The first kappa shape index (κ1) is 21.1. The molecule has 0 bridgehead atoms. The summed E-state index contributed by atoms with van der Waals surface area (Å²) in [6, 6.07) is 9.61. The predicted octanol–water partition coefficient (Wildman–Crippen LogP) is 2.16.